The molecular weight excluding hydrogens is 509 g/mol. The van der Waals surface area contributed by atoms with E-state index < -0.39 is 5.97 Å². The monoisotopic (exact) mass is 535 g/mol. The molecule has 0 saturated heterocycles. The zero-order chi connectivity index (χ0) is 26.7. The highest BCUT2D eigenvalue weighted by molar-refractivity contribution is 6.35. The molecular formula is C29H27Cl2N3O3. The zero-order valence-corrected chi connectivity index (χ0v) is 22.3. The Morgan fingerprint density at radius 2 is 1.57 bits per heavy atom. The molecule has 2 N–H and O–H groups in total. The number of nitrogens with zero attached hydrogens (tertiary/aromatic N) is 2. The number of carboxylic acid groups (broad SMARTS) is 1. The average molecular weight is 536 g/mol. The van der Waals surface area contributed by atoms with Crippen molar-refractivity contribution < 1.29 is 14.7 Å². The Bertz CT molecular complexity index is 1420. The van der Waals surface area contributed by atoms with Gasteiger partial charge >= 0.3 is 5.97 Å². The Labute approximate surface area is 225 Å². The van der Waals surface area contributed by atoms with E-state index >= 15 is 0 Å². The highest BCUT2D eigenvalue weighted by atomic mass is 35.5. The van der Waals surface area contributed by atoms with Crippen LogP contribution in [0.15, 0.2) is 66.7 Å². The van der Waals surface area contributed by atoms with Gasteiger partial charge in [0.05, 0.1) is 23.9 Å². The summed E-state index contributed by atoms with van der Waals surface area (Å²) >= 11 is 12.6. The molecule has 0 fully saturated rings. The standard InChI is InChI=1S/C29H27Cl2N3O3/c1-17-4-6-21(7-5-17)28-18(2)27(23-14-24(30)16-25(31)15-23)33-34(28)19(3)20-8-10-22(11-9-20)29(37)32-13-12-26(35)36/h4-11,14-16,19H,12-13H2,1-3H3,(H,32,37)(H,35,36). The predicted octanol–water partition coefficient (Wildman–Crippen LogP) is 6.95. The quantitative estimate of drug-likeness (QED) is 0.255. The summed E-state index contributed by atoms with van der Waals surface area (Å²) in [6, 6.07) is 20.8. The van der Waals surface area contributed by atoms with Crippen LogP contribution in [-0.2, 0) is 4.79 Å². The molecule has 0 spiro atoms. The number of carboxylic acids is 1. The Kier molecular flexibility index (Phi) is 8.00. The first kappa shape index (κ1) is 26.5. The fourth-order valence-corrected chi connectivity index (χ4v) is 4.79. The first-order valence-electron chi connectivity index (χ1n) is 11.9. The summed E-state index contributed by atoms with van der Waals surface area (Å²) in [5.74, 6) is -1.27. The predicted molar refractivity (Wildman–Crippen MR) is 147 cm³/mol. The number of carbonyl (C=O) groups is 2. The van der Waals surface area contributed by atoms with Crippen molar-refractivity contribution in [2.24, 2.45) is 0 Å². The van der Waals surface area contributed by atoms with Gasteiger partial charge in [-0.25, -0.2) is 0 Å². The second-order valence-electron chi connectivity index (χ2n) is 8.99. The molecule has 8 heteroatoms. The van der Waals surface area contributed by atoms with E-state index in [9.17, 15) is 9.59 Å². The molecule has 1 aromatic heterocycles. The molecule has 3 aromatic carbocycles. The normalized spacial score (nSPS) is 11.8. The number of aliphatic carboxylic acids is 1. The van der Waals surface area contributed by atoms with Gasteiger partial charge in [0.15, 0.2) is 0 Å². The molecule has 0 aliphatic carbocycles. The summed E-state index contributed by atoms with van der Waals surface area (Å²) in [4.78, 5) is 23.1. The second-order valence-corrected chi connectivity index (χ2v) is 9.86. The number of benzene rings is 3. The second kappa shape index (κ2) is 11.2. The molecule has 0 bridgehead atoms. The smallest absolute Gasteiger partial charge is 0.305 e. The van der Waals surface area contributed by atoms with Gasteiger partial charge in [-0.2, -0.15) is 5.10 Å². The molecule has 4 rings (SSSR count). The van der Waals surface area contributed by atoms with Crippen molar-refractivity contribution in [3.8, 4) is 22.5 Å². The minimum absolute atomic E-state index is 0.0785. The van der Waals surface area contributed by atoms with Crippen molar-refractivity contribution in [3.05, 3.63) is 99.0 Å². The van der Waals surface area contributed by atoms with Crippen molar-refractivity contribution >= 4 is 35.1 Å². The van der Waals surface area contributed by atoms with Gasteiger partial charge in [-0.15, -0.1) is 0 Å². The van der Waals surface area contributed by atoms with E-state index in [-0.39, 0.29) is 24.9 Å². The molecule has 0 aliphatic rings. The van der Waals surface area contributed by atoms with Crippen LogP contribution in [-0.4, -0.2) is 33.3 Å². The minimum Gasteiger partial charge on any atom is -0.481 e. The fourth-order valence-electron chi connectivity index (χ4n) is 4.26. The third-order valence-electron chi connectivity index (χ3n) is 6.25. The fraction of sp³-hybridized carbons (Fsp3) is 0.207. The minimum atomic E-state index is -0.956. The van der Waals surface area contributed by atoms with E-state index in [4.69, 9.17) is 33.4 Å². The van der Waals surface area contributed by atoms with Gasteiger partial charge in [0, 0.05) is 38.8 Å². The topological polar surface area (TPSA) is 84.2 Å². The van der Waals surface area contributed by atoms with Gasteiger partial charge in [-0.3, -0.25) is 14.3 Å². The van der Waals surface area contributed by atoms with Gasteiger partial charge < -0.3 is 10.4 Å². The molecule has 6 nitrogen and oxygen atoms in total. The van der Waals surface area contributed by atoms with Crippen LogP contribution in [0.25, 0.3) is 22.5 Å². The number of aryl methyl sites for hydroxylation is 1. The largest absolute Gasteiger partial charge is 0.481 e. The number of halogens is 2. The first-order chi connectivity index (χ1) is 17.6. The SMILES string of the molecule is Cc1ccc(-c2c(C)c(-c3cc(Cl)cc(Cl)c3)nn2C(C)c2ccc(C(=O)NCCC(=O)O)cc2)cc1. The highest BCUT2D eigenvalue weighted by Crippen LogP contribution is 2.37. The third kappa shape index (κ3) is 6.04. The number of nitrogens with one attached hydrogen (secondary N) is 1. The molecule has 0 saturated carbocycles. The van der Waals surface area contributed by atoms with Crippen molar-refractivity contribution in [3.63, 3.8) is 0 Å². The van der Waals surface area contributed by atoms with E-state index in [1.54, 1.807) is 18.2 Å². The number of rotatable bonds is 8. The summed E-state index contributed by atoms with van der Waals surface area (Å²) in [6.07, 6.45) is -0.124. The molecule has 0 radical (unpaired) electrons. The maximum atomic E-state index is 12.4. The summed E-state index contributed by atoms with van der Waals surface area (Å²) < 4.78 is 1.99. The van der Waals surface area contributed by atoms with E-state index in [2.05, 4.69) is 43.4 Å². The van der Waals surface area contributed by atoms with Crippen molar-refractivity contribution in [2.75, 3.05) is 6.54 Å². The molecule has 0 aliphatic heterocycles. The van der Waals surface area contributed by atoms with Crippen LogP contribution in [0.2, 0.25) is 10.0 Å². The van der Waals surface area contributed by atoms with Gasteiger partial charge in [0.2, 0.25) is 0 Å². The number of amides is 1. The summed E-state index contributed by atoms with van der Waals surface area (Å²) in [5, 5.41) is 17.5. The third-order valence-corrected chi connectivity index (χ3v) is 6.69. The van der Waals surface area contributed by atoms with Crippen LogP contribution in [0.5, 0.6) is 0 Å². The average Bonchev–Trinajstić information content (AvgIpc) is 3.20. The van der Waals surface area contributed by atoms with Crippen LogP contribution >= 0.6 is 23.2 Å². The summed E-state index contributed by atoms with van der Waals surface area (Å²) in [6.45, 7) is 6.23. The van der Waals surface area contributed by atoms with E-state index in [0.717, 1.165) is 33.6 Å². The van der Waals surface area contributed by atoms with Crippen LogP contribution < -0.4 is 5.32 Å². The van der Waals surface area contributed by atoms with Crippen molar-refractivity contribution in [1.29, 1.82) is 0 Å². The molecule has 37 heavy (non-hydrogen) atoms. The molecule has 190 valence electrons. The highest BCUT2D eigenvalue weighted by Gasteiger charge is 2.22. The maximum Gasteiger partial charge on any atom is 0.305 e. The maximum absolute atomic E-state index is 12.4. The molecule has 1 amide bonds. The van der Waals surface area contributed by atoms with Crippen LogP contribution in [0.1, 0.15) is 46.4 Å². The molecule has 4 aromatic rings. The molecule has 1 heterocycles. The Morgan fingerprint density at radius 3 is 2.16 bits per heavy atom. The molecule has 1 unspecified atom stereocenters. The van der Waals surface area contributed by atoms with Crippen LogP contribution in [0.3, 0.4) is 0 Å². The van der Waals surface area contributed by atoms with Crippen LogP contribution in [0, 0.1) is 13.8 Å². The van der Waals surface area contributed by atoms with E-state index in [1.165, 1.54) is 5.56 Å². The van der Waals surface area contributed by atoms with E-state index in [1.807, 2.05) is 35.9 Å². The first-order valence-corrected chi connectivity index (χ1v) is 12.6. The summed E-state index contributed by atoms with van der Waals surface area (Å²) in [5.41, 5.74) is 7.25. The van der Waals surface area contributed by atoms with E-state index in [0.29, 0.717) is 15.6 Å². The lowest BCUT2D eigenvalue weighted by atomic mass is 10.0. The van der Waals surface area contributed by atoms with Gasteiger partial charge in [0.25, 0.3) is 5.91 Å². The number of carbonyl (C=O) groups excluding carboxylic acids is 1. The van der Waals surface area contributed by atoms with Gasteiger partial charge in [0.1, 0.15) is 0 Å². The number of hydrogen-bond acceptors (Lipinski definition) is 3. The Hall–Kier alpha value is -3.61. The number of hydrogen-bond donors (Lipinski definition) is 2. The Balaban J connectivity index is 1.72. The van der Waals surface area contributed by atoms with Crippen molar-refractivity contribution in [2.45, 2.75) is 33.2 Å². The lowest BCUT2D eigenvalue weighted by molar-refractivity contribution is -0.136. The van der Waals surface area contributed by atoms with Crippen molar-refractivity contribution in [1.82, 2.24) is 15.1 Å². The van der Waals surface area contributed by atoms with Crippen LogP contribution in [0.4, 0.5) is 0 Å². The molecule has 1 atom stereocenters. The lowest BCUT2D eigenvalue weighted by Gasteiger charge is -2.17. The van der Waals surface area contributed by atoms with Gasteiger partial charge in [-0.1, -0.05) is 65.2 Å². The zero-order valence-electron chi connectivity index (χ0n) is 20.8. The van der Waals surface area contributed by atoms with Gasteiger partial charge in [-0.05, 0) is 56.7 Å². The number of aromatic nitrogens is 2. The summed E-state index contributed by atoms with van der Waals surface area (Å²) in [7, 11) is 0. The lowest BCUT2D eigenvalue weighted by Crippen LogP contribution is -2.26. The Morgan fingerprint density at radius 1 is 0.946 bits per heavy atom.